The molecule has 0 spiro atoms. The summed E-state index contributed by atoms with van der Waals surface area (Å²) >= 11 is 0. The van der Waals surface area contributed by atoms with Crippen LogP contribution >= 0.6 is 0 Å². The first-order valence-corrected chi connectivity index (χ1v) is 4.09. The van der Waals surface area contributed by atoms with E-state index in [0.717, 1.165) is 0 Å². The summed E-state index contributed by atoms with van der Waals surface area (Å²) in [6.45, 7) is 1.17. The maximum absolute atomic E-state index is 10.5. The summed E-state index contributed by atoms with van der Waals surface area (Å²) < 4.78 is 0. The molecule has 1 aliphatic carbocycles. The third kappa shape index (κ3) is 1.65. The molecule has 13 heavy (non-hydrogen) atoms. The zero-order valence-corrected chi connectivity index (χ0v) is 7.25. The SMILES string of the molecule is C[C@]1(O)[C@@H](O)[C@H](O)CC[C@H]1[N+](=O)[O-]. The molecule has 1 aliphatic rings. The summed E-state index contributed by atoms with van der Waals surface area (Å²) in [6.07, 6.45) is -2.30. The van der Waals surface area contributed by atoms with Crippen molar-refractivity contribution in [3.63, 3.8) is 0 Å². The second kappa shape index (κ2) is 3.21. The Bertz CT molecular complexity index is 217. The lowest BCUT2D eigenvalue weighted by atomic mass is 9.78. The van der Waals surface area contributed by atoms with Crippen LogP contribution in [0.3, 0.4) is 0 Å². The minimum atomic E-state index is -1.85. The fourth-order valence-electron chi connectivity index (χ4n) is 1.68. The van der Waals surface area contributed by atoms with Crippen molar-refractivity contribution in [3.05, 3.63) is 10.1 Å². The summed E-state index contributed by atoms with van der Waals surface area (Å²) in [5.41, 5.74) is -1.85. The first-order valence-electron chi connectivity index (χ1n) is 4.09. The zero-order valence-electron chi connectivity index (χ0n) is 7.25. The highest BCUT2D eigenvalue weighted by Crippen LogP contribution is 2.30. The van der Waals surface area contributed by atoms with Crippen LogP contribution in [0.4, 0.5) is 0 Å². The minimum Gasteiger partial charge on any atom is -0.390 e. The van der Waals surface area contributed by atoms with E-state index in [1.165, 1.54) is 6.92 Å². The lowest BCUT2D eigenvalue weighted by Crippen LogP contribution is -2.60. The number of nitro groups is 1. The van der Waals surface area contributed by atoms with Crippen molar-refractivity contribution in [2.45, 2.75) is 43.6 Å². The molecule has 0 saturated heterocycles. The number of nitrogens with zero attached hydrogens (tertiary/aromatic N) is 1. The number of aliphatic hydroxyl groups excluding tert-OH is 2. The molecule has 76 valence electrons. The molecule has 1 rings (SSSR count). The number of hydrogen-bond donors (Lipinski definition) is 3. The molecule has 0 radical (unpaired) electrons. The summed E-state index contributed by atoms with van der Waals surface area (Å²) in [5.74, 6) is 0. The highest BCUT2D eigenvalue weighted by atomic mass is 16.6. The van der Waals surface area contributed by atoms with Gasteiger partial charge in [0.15, 0.2) is 5.60 Å². The fraction of sp³-hybridized carbons (Fsp3) is 1.00. The van der Waals surface area contributed by atoms with Gasteiger partial charge in [0, 0.05) is 11.3 Å². The van der Waals surface area contributed by atoms with Crippen molar-refractivity contribution in [2.24, 2.45) is 0 Å². The predicted octanol–water partition coefficient (Wildman–Crippen LogP) is -1.10. The topological polar surface area (TPSA) is 104 Å². The molecule has 0 aliphatic heterocycles. The third-order valence-corrected chi connectivity index (χ3v) is 2.63. The summed E-state index contributed by atoms with van der Waals surface area (Å²) in [5, 5.41) is 38.6. The van der Waals surface area contributed by atoms with Crippen LogP contribution in [-0.4, -0.2) is 44.1 Å². The summed E-state index contributed by atoms with van der Waals surface area (Å²) in [7, 11) is 0. The number of aliphatic hydroxyl groups is 3. The van der Waals surface area contributed by atoms with E-state index in [2.05, 4.69) is 0 Å². The largest absolute Gasteiger partial charge is 0.390 e. The Labute approximate surface area is 75.0 Å². The van der Waals surface area contributed by atoms with Gasteiger partial charge in [0.05, 0.1) is 6.10 Å². The van der Waals surface area contributed by atoms with E-state index in [4.69, 9.17) is 0 Å². The van der Waals surface area contributed by atoms with Gasteiger partial charge >= 0.3 is 0 Å². The van der Waals surface area contributed by atoms with Gasteiger partial charge < -0.3 is 15.3 Å². The van der Waals surface area contributed by atoms with Crippen molar-refractivity contribution >= 4 is 0 Å². The van der Waals surface area contributed by atoms with Gasteiger partial charge in [-0.2, -0.15) is 0 Å². The van der Waals surface area contributed by atoms with Crippen molar-refractivity contribution in [3.8, 4) is 0 Å². The van der Waals surface area contributed by atoms with E-state index < -0.39 is 28.8 Å². The van der Waals surface area contributed by atoms with Crippen LogP contribution in [0.25, 0.3) is 0 Å². The molecule has 6 nitrogen and oxygen atoms in total. The zero-order chi connectivity index (χ0) is 10.2. The highest BCUT2D eigenvalue weighted by Gasteiger charge is 2.52. The molecule has 3 N–H and O–H groups in total. The Morgan fingerprint density at radius 2 is 2.00 bits per heavy atom. The van der Waals surface area contributed by atoms with Crippen LogP contribution in [0.2, 0.25) is 0 Å². The lowest BCUT2D eigenvalue weighted by molar-refractivity contribution is -0.554. The van der Waals surface area contributed by atoms with Gasteiger partial charge in [0.1, 0.15) is 6.10 Å². The number of hydrogen-bond acceptors (Lipinski definition) is 5. The van der Waals surface area contributed by atoms with Gasteiger partial charge in [-0.25, -0.2) is 0 Å². The molecule has 0 bridgehead atoms. The Hall–Kier alpha value is -0.720. The van der Waals surface area contributed by atoms with Gasteiger partial charge in [-0.1, -0.05) is 0 Å². The first kappa shape index (κ1) is 10.4. The molecule has 0 amide bonds. The van der Waals surface area contributed by atoms with E-state index in [1.54, 1.807) is 0 Å². The third-order valence-electron chi connectivity index (χ3n) is 2.63. The second-order valence-corrected chi connectivity index (χ2v) is 3.62. The van der Waals surface area contributed by atoms with E-state index in [0.29, 0.717) is 0 Å². The molecule has 1 fully saturated rings. The molecule has 0 aromatic rings. The van der Waals surface area contributed by atoms with Crippen LogP contribution in [0.15, 0.2) is 0 Å². The molecule has 0 unspecified atom stereocenters. The Morgan fingerprint density at radius 1 is 1.46 bits per heavy atom. The summed E-state index contributed by atoms with van der Waals surface area (Å²) in [6, 6.07) is -1.20. The molecular weight excluding hydrogens is 178 g/mol. The van der Waals surface area contributed by atoms with Crippen molar-refractivity contribution in [2.75, 3.05) is 0 Å². The molecule has 0 heterocycles. The maximum atomic E-state index is 10.5. The van der Waals surface area contributed by atoms with Gasteiger partial charge in [0.25, 0.3) is 0 Å². The van der Waals surface area contributed by atoms with Gasteiger partial charge in [-0.05, 0) is 13.3 Å². The van der Waals surface area contributed by atoms with Crippen LogP contribution < -0.4 is 0 Å². The second-order valence-electron chi connectivity index (χ2n) is 3.62. The van der Waals surface area contributed by atoms with Crippen LogP contribution in [0.1, 0.15) is 19.8 Å². The smallest absolute Gasteiger partial charge is 0.243 e. The fourth-order valence-corrected chi connectivity index (χ4v) is 1.68. The van der Waals surface area contributed by atoms with Crippen LogP contribution in [0, 0.1) is 10.1 Å². The van der Waals surface area contributed by atoms with Crippen molar-refractivity contribution in [1.29, 1.82) is 0 Å². The average molecular weight is 191 g/mol. The van der Waals surface area contributed by atoms with Gasteiger partial charge in [-0.3, -0.25) is 10.1 Å². The standard InChI is InChI=1S/C7H13NO5/c1-7(11)5(8(12)13)3-2-4(9)6(7)10/h4-6,9-11H,2-3H2,1H3/t4-,5-,6+,7-/m1/s1. The quantitative estimate of drug-likeness (QED) is 0.360. The van der Waals surface area contributed by atoms with Crippen LogP contribution in [0.5, 0.6) is 0 Å². The molecule has 1 saturated carbocycles. The molecule has 6 heteroatoms. The Balaban J connectivity index is 2.85. The Kier molecular flexibility index (Phi) is 2.56. The number of rotatable bonds is 1. The normalized spacial score (nSPS) is 46.0. The van der Waals surface area contributed by atoms with E-state index in [-0.39, 0.29) is 12.8 Å². The van der Waals surface area contributed by atoms with Crippen molar-refractivity contribution < 1.29 is 20.2 Å². The minimum absolute atomic E-state index is 0.0816. The molecule has 4 atom stereocenters. The molecule has 0 aromatic carbocycles. The first-order chi connectivity index (χ1) is 5.87. The molecule has 0 aromatic heterocycles. The molecular formula is C7H13NO5. The van der Waals surface area contributed by atoms with Gasteiger partial charge in [0.2, 0.25) is 6.04 Å². The van der Waals surface area contributed by atoms with Crippen molar-refractivity contribution in [1.82, 2.24) is 0 Å². The highest BCUT2D eigenvalue weighted by molar-refractivity contribution is 4.97. The summed E-state index contributed by atoms with van der Waals surface area (Å²) in [4.78, 5) is 9.86. The maximum Gasteiger partial charge on any atom is 0.243 e. The average Bonchev–Trinajstić information content (AvgIpc) is 1.99. The lowest BCUT2D eigenvalue weighted by Gasteiger charge is -2.38. The van der Waals surface area contributed by atoms with E-state index in [1.807, 2.05) is 0 Å². The predicted molar refractivity (Wildman–Crippen MR) is 42.7 cm³/mol. The van der Waals surface area contributed by atoms with Gasteiger partial charge in [-0.15, -0.1) is 0 Å². The Morgan fingerprint density at radius 3 is 2.46 bits per heavy atom. The van der Waals surface area contributed by atoms with Crippen LogP contribution in [-0.2, 0) is 0 Å². The van der Waals surface area contributed by atoms with E-state index in [9.17, 15) is 25.4 Å². The monoisotopic (exact) mass is 191 g/mol. The van der Waals surface area contributed by atoms with E-state index >= 15 is 0 Å².